The average molecular weight is 395 g/mol. The first-order valence-corrected chi connectivity index (χ1v) is 9.42. The molecule has 150 valence electrons. The molecule has 1 N–H and O–H groups in total. The molecule has 1 aliphatic heterocycles. The normalized spacial score (nSPS) is 15.6. The molecule has 2 aromatic carbocycles. The van der Waals surface area contributed by atoms with E-state index in [-0.39, 0.29) is 11.7 Å². The molecule has 1 amide bonds. The van der Waals surface area contributed by atoms with Gasteiger partial charge in [-0.3, -0.25) is 9.89 Å². The highest BCUT2D eigenvalue weighted by atomic mass is 19.1. The Morgan fingerprint density at radius 1 is 1.14 bits per heavy atom. The van der Waals surface area contributed by atoms with Crippen LogP contribution < -0.4 is 4.74 Å². The minimum absolute atomic E-state index is 0.184. The Bertz CT molecular complexity index is 1020. The Morgan fingerprint density at radius 3 is 2.59 bits per heavy atom. The van der Waals surface area contributed by atoms with Crippen molar-refractivity contribution >= 4 is 5.91 Å². The minimum atomic E-state index is -0.550. The number of halogens is 1. The van der Waals surface area contributed by atoms with E-state index in [1.165, 1.54) is 6.07 Å². The molecule has 3 aromatic rings. The molecule has 0 saturated heterocycles. The zero-order valence-corrected chi connectivity index (χ0v) is 16.3. The summed E-state index contributed by atoms with van der Waals surface area (Å²) in [5.41, 5.74) is 3.02. The molecular weight excluding hydrogens is 373 g/mol. The molecule has 0 radical (unpaired) electrons. The van der Waals surface area contributed by atoms with Crippen molar-refractivity contribution < 1.29 is 18.7 Å². The van der Waals surface area contributed by atoms with Gasteiger partial charge in [0, 0.05) is 37.0 Å². The van der Waals surface area contributed by atoms with Crippen molar-refractivity contribution in [3.8, 4) is 17.0 Å². The van der Waals surface area contributed by atoms with Crippen LogP contribution >= 0.6 is 0 Å². The third kappa shape index (κ3) is 3.38. The third-order valence-electron chi connectivity index (χ3n) is 5.17. The van der Waals surface area contributed by atoms with Crippen LogP contribution in [0.25, 0.3) is 11.3 Å². The molecule has 0 saturated carbocycles. The topological polar surface area (TPSA) is 67.5 Å². The number of fused-ring (bicyclic) bond motifs is 1. The predicted octanol–water partition coefficient (Wildman–Crippen LogP) is 3.81. The summed E-state index contributed by atoms with van der Waals surface area (Å²) in [6, 6.07) is 13.4. The SMILES string of the molecule is COCCCN1C(=O)c2[nH]nc(-c3ccc(OC)cc3)c2C1c1ccccc1F. The van der Waals surface area contributed by atoms with Gasteiger partial charge in [0.2, 0.25) is 0 Å². The molecule has 1 aliphatic rings. The molecule has 0 fully saturated rings. The summed E-state index contributed by atoms with van der Waals surface area (Å²) in [5.74, 6) is 0.192. The van der Waals surface area contributed by atoms with Gasteiger partial charge in [0.15, 0.2) is 0 Å². The van der Waals surface area contributed by atoms with E-state index < -0.39 is 6.04 Å². The summed E-state index contributed by atoms with van der Waals surface area (Å²) in [6.45, 7) is 0.974. The molecule has 0 aliphatic carbocycles. The van der Waals surface area contributed by atoms with Gasteiger partial charge < -0.3 is 14.4 Å². The highest BCUT2D eigenvalue weighted by molar-refractivity contribution is 6.00. The molecule has 0 bridgehead atoms. The van der Waals surface area contributed by atoms with Crippen LogP contribution in [0.1, 0.15) is 34.1 Å². The number of amides is 1. The standard InChI is InChI=1S/C22H22FN3O3/c1-28-13-5-12-26-21(16-6-3-4-7-17(16)23)18-19(24-25-20(18)22(26)27)14-8-10-15(29-2)11-9-14/h3-4,6-11,21H,5,12-13H2,1-2H3,(H,24,25). The number of ether oxygens (including phenoxy) is 2. The fourth-order valence-electron chi connectivity index (χ4n) is 3.80. The quantitative estimate of drug-likeness (QED) is 0.618. The van der Waals surface area contributed by atoms with Crippen LogP contribution in [0.5, 0.6) is 5.75 Å². The summed E-state index contributed by atoms with van der Waals surface area (Å²) >= 11 is 0. The van der Waals surface area contributed by atoms with Crippen molar-refractivity contribution in [2.45, 2.75) is 12.5 Å². The maximum atomic E-state index is 14.8. The second-order valence-electron chi connectivity index (χ2n) is 6.86. The van der Waals surface area contributed by atoms with Crippen LogP contribution in [-0.4, -0.2) is 48.4 Å². The largest absolute Gasteiger partial charge is 0.497 e. The van der Waals surface area contributed by atoms with Crippen LogP contribution in [0.3, 0.4) is 0 Å². The third-order valence-corrected chi connectivity index (χ3v) is 5.17. The van der Waals surface area contributed by atoms with E-state index in [9.17, 15) is 9.18 Å². The number of carbonyl (C=O) groups is 1. The van der Waals surface area contributed by atoms with E-state index in [1.54, 1.807) is 37.3 Å². The summed E-state index contributed by atoms with van der Waals surface area (Å²) in [4.78, 5) is 14.8. The minimum Gasteiger partial charge on any atom is -0.497 e. The average Bonchev–Trinajstić information content (AvgIpc) is 3.28. The summed E-state index contributed by atoms with van der Waals surface area (Å²) < 4.78 is 25.1. The van der Waals surface area contributed by atoms with Crippen molar-refractivity contribution in [3.05, 3.63) is 71.2 Å². The number of H-pyrrole nitrogens is 1. The van der Waals surface area contributed by atoms with Crippen LogP contribution in [0.2, 0.25) is 0 Å². The van der Waals surface area contributed by atoms with Gasteiger partial charge in [0.25, 0.3) is 5.91 Å². The van der Waals surface area contributed by atoms with Gasteiger partial charge >= 0.3 is 0 Å². The smallest absolute Gasteiger partial charge is 0.273 e. The van der Waals surface area contributed by atoms with Gasteiger partial charge in [0.05, 0.1) is 18.8 Å². The lowest BCUT2D eigenvalue weighted by atomic mass is 9.95. The highest BCUT2D eigenvalue weighted by Gasteiger charge is 2.42. The second-order valence-corrected chi connectivity index (χ2v) is 6.86. The first-order chi connectivity index (χ1) is 14.2. The van der Waals surface area contributed by atoms with Gasteiger partial charge in [-0.25, -0.2) is 4.39 Å². The summed E-state index contributed by atoms with van der Waals surface area (Å²) in [7, 11) is 3.22. The van der Waals surface area contributed by atoms with E-state index in [4.69, 9.17) is 9.47 Å². The number of rotatable bonds is 7. The lowest BCUT2D eigenvalue weighted by Crippen LogP contribution is -2.31. The van der Waals surface area contributed by atoms with Crippen LogP contribution in [0.15, 0.2) is 48.5 Å². The number of hydrogen-bond acceptors (Lipinski definition) is 4. The van der Waals surface area contributed by atoms with Gasteiger partial charge in [-0.2, -0.15) is 5.10 Å². The Morgan fingerprint density at radius 2 is 1.90 bits per heavy atom. The first kappa shape index (κ1) is 19.1. The Labute approximate surface area is 168 Å². The molecular formula is C22H22FN3O3. The monoisotopic (exact) mass is 395 g/mol. The van der Waals surface area contributed by atoms with Gasteiger partial charge in [-0.15, -0.1) is 0 Å². The van der Waals surface area contributed by atoms with E-state index >= 15 is 0 Å². The van der Waals surface area contributed by atoms with Crippen molar-refractivity contribution in [3.63, 3.8) is 0 Å². The zero-order valence-electron chi connectivity index (χ0n) is 16.3. The summed E-state index contributed by atoms with van der Waals surface area (Å²) in [5, 5.41) is 7.27. The predicted molar refractivity (Wildman–Crippen MR) is 106 cm³/mol. The van der Waals surface area contributed by atoms with Crippen LogP contribution in [-0.2, 0) is 4.74 Å². The van der Waals surface area contributed by atoms with Crippen molar-refractivity contribution in [2.75, 3.05) is 27.4 Å². The second kappa shape index (κ2) is 8.05. The van der Waals surface area contributed by atoms with E-state index in [1.807, 2.05) is 24.3 Å². The fourth-order valence-corrected chi connectivity index (χ4v) is 3.80. The molecule has 1 unspecified atom stereocenters. The van der Waals surface area contributed by atoms with Crippen LogP contribution in [0.4, 0.5) is 4.39 Å². The Kier molecular flexibility index (Phi) is 5.31. The lowest BCUT2D eigenvalue weighted by Gasteiger charge is -2.26. The molecule has 2 heterocycles. The van der Waals surface area contributed by atoms with Crippen LogP contribution in [0, 0.1) is 5.82 Å². The summed E-state index contributed by atoms with van der Waals surface area (Å²) in [6.07, 6.45) is 0.656. The maximum Gasteiger partial charge on any atom is 0.273 e. The van der Waals surface area contributed by atoms with E-state index in [0.29, 0.717) is 42.1 Å². The number of benzene rings is 2. The number of aromatic nitrogens is 2. The highest BCUT2D eigenvalue weighted by Crippen LogP contribution is 2.43. The molecule has 1 aromatic heterocycles. The molecule has 4 rings (SSSR count). The van der Waals surface area contributed by atoms with Gasteiger partial charge in [0.1, 0.15) is 17.3 Å². The Hall–Kier alpha value is -3.19. The number of carbonyl (C=O) groups excluding carboxylic acids is 1. The number of hydrogen-bond donors (Lipinski definition) is 1. The number of nitrogens with one attached hydrogen (secondary N) is 1. The van der Waals surface area contributed by atoms with E-state index in [0.717, 1.165) is 11.3 Å². The van der Waals surface area contributed by atoms with Crippen molar-refractivity contribution in [2.24, 2.45) is 0 Å². The van der Waals surface area contributed by atoms with Crippen molar-refractivity contribution in [1.82, 2.24) is 15.1 Å². The molecule has 7 heteroatoms. The van der Waals surface area contributed by atoms with Gasteiger partial charge in [-0.1, -0.05) is 18.2 Å². The molecule has 0 spiro atoms. The van der Waals surface area contributed by atoms with Gasteiger partial charge in [-0.05, 0) is 36.8 Å². The maximum absolute atomic E-state index is 14.8. The zero-order chi connectivity index (χ0) is 20.4. The van der Waals surface area contributed by atoms with E-state index in [2.05, 4.69) is 10.2 Å². The first-order valence-electron chi connectivity index (χ1n) is 9.42. The number of methoxy groups -OCH3 is 2. The Balaban J connectivity index is 1.81. The molecule has 6 nitrogen and oxygen atoms in total. The lowest BCUT2D eigenvalue weighted by molar-refractivity contribution is 0.0721. The molecule has 29 heavy (non-hydrogen) atoms. The number of nitrogens with zero attached hydrogens (tertiary/aromatic N) is 2. The number of aromatic amines is 1. The molecule has 1 atom stereocenters. The fraction of sp³-hybridized carbons (Fsp3) is 0.273. The van der Waals surface area contributed by atoms with Crippen molar-refractivity contribution in [1.29, 1.82) is 0 Å².